The smallest absolute Gasteiger partial charge is 0.195 e. The molecular formula is C77H115BrO. The lowest BCUT2D eigenvalue weighted by molar-refractivity contribution is -0.108. The molecule has 0 bridgehead atoms. The van der Waals surface area contributed by atoms with E-state index in [-0.39, 0.29) is 5.78 Å². The summed E-state index contributed by atoms with van der Waals surface area (Å²) in [7, 11) is 0. The van der Waals surface area contributed by atoms with Gasteiger partial charge in [-0.2, -0.15) is 0 Å². The van der Waals surface area contributed by atoms with Crippen molar-refractivity contribution < 1.29 is 4.79 Å². The average molecular weight is 1140 g/mol. The van der Waals surface area contributed by atoms with Crippen molar-refractivity contribution in [2.75, 3.05) is 0 Å². The number of hydrogen-bond donors (Lipinski definition) is 0. The number of halogens is 1. The molecule has 0 heterocycles. The quantitative estimate of drug-likeness (QED) is 0.0403. The molecule has 2 unspecified atom stereocenters. The van der Waals surface area contributed by atoms with E-state index in [0.29, 0.717) is 11.8 Å². The summed E-state index contributed by atoms with van der Waals surface area (Å²) in [5, 5.41) is 0. The normalized spacial score (nSPS) is 13.6. The van der Waals surface area contributed by atoms with Crippen LogP contribution in [0.3, 0.4) is 0 Å². The van der Waals surface area contributed by atoms with E-state index in [9.17, 15) is 0 Å². The van der Waals surface area contributed by atoms with E-state index in [1.54, 1.807) is 0 Å². The SMILES string of the molecule is CCCCCCCCCCCCC(CCCCCCCCCC)Cc1ccc(C2=C(c3ccccc3)C(c3cccc(Br)c3)=C(c3ccc(CC(CCCCCCCCCC)CCCCCCCCCCCC)cc3)C2=O)cc1. The van der Waals surface area contributed by atoms with Crippen LogP contribution in [-0.4, -0.2) is 5.78 Å². The number of unbranched alkanes of at least 4 members (excludes halogenated alkanes) is 32. The number of carbonyl (C=O) groups excluding carboxylic acids is 1. The Labute approximate surface area is 496 Å². The fourth-order valence-corrected chi connectivity index (χ4v) is 13.3. The van der Waals surface area contributed by atoms with Crippen LogP contribution in [0.2, 0.25) is 0 Å². The minimum Gasteiger partial charge on any atom is -0.289 e. The Morgan fingerprint density at radius 3 is 0.886 bits per heavy atom. The van der Waals surface area contributed by atoms with Gasteiger partial charge in [-0.05, 0) is 70.2 Å². The standard InChI is InChI=1S/C77H115BrO/c1-5-9-13-17-21-25-27-31-35-40-47-64(45-38-33-29-23-19-15-11-7-3)61-66-53-57-69(58-54-66)75-73(68-49-42-37-43-50-68)74(71-51-44-52-72(78)63-71)76(77(75)79)70-59-55-67(56-60-70)62-65(46-39-34-30-24-20-16-12-8-4)48-41-36-32-28-26-22-18-14-10-6-2/h37,42-44,49-60,63-65H,5-36,38-41,45-48,61-62H2,1-4H3. The van der Waals surface area contributed by atoms with Crippen LogP contribution in [0.5, 0.6) is 0 Å². The van der Waals surface area contributed by atoms with Crippen molar-refractivity contribution in [1.29, 1.82) is 0 Å². The largest absolute Gasteiger partial charge is 0.289 e. The van der Waals surface area contributed by atoms with Crippen molar-refractivity contribution in [1.82, 2.24) is 0 Å². The molecule has 1 aliphatic carbocycles. The molecule has 0 aromatic heterocycles. The number of Topliss-reactive ketones (excluding diaryl/α,β-unsaturated/α-hetero) is 1. The first kappa shape index (κ1) is 66.3. The first-order chi connectivity index (χ1) is 39.0. The van der Waals surface area contributed by atoms with Gasteiger partial charge in [-0.15, -0.1) is 0 Å². The second-order valence-corrected chi connectivity index (χ2v) is 25.6. The predicted molar refractivity (Wildman–Crippen MR) is 354 cm³/mol. The summed E-state index contributed by atoms with van der Waals surface area (Å²) in [5.41, 5.74) is 10.8. The van der Waals surface area contributed by atoms with Gasteiger partial charge >= 0.3 is 0 Å². The van der Waals surface area contributed by atoms with Gasteiger partial charge in [-0.1, -0.05) is 391 Å². The highest BCUT2D eigenvalue weighted by molar-refractivity contribution is 9.10. The zero-order valence-corrected chi connectivity index (χ0v) is 53.0. The third-order valence-corrected chi connectivity index (χ3v) is 18.3. The summed E-state index contributed by atoms with van der Waals surface area (Å²) < 4.78 is 1.02. The Morgan fingerprint density at radius 1 is 0.291 bits per heavy atom. The number of ketones is 1. The molecule has 4 aromatic carbocycles. The Balaban J connectivity index is 1.33. The van der Waals surface area contributed by atoms with Crippen LogP contribution in [0.15, 0.2) is 108 Å². The molecule has 0 fully saturated rings. The highest BCUT2D eigenvalue weighted by Crippen LogP contribution is 2.50. The van der Waals surface area contributed by atoms with E-state index in [2.05, 4.69) is 147 Å². The molecule has 5 rings (SSSR count). The molecule has 0 spiro atoms. The lowest BCUT2D eigenvalue weighted by Crippen LogP contribution is -2.07. The Bertz CT molecular complexity index is 2230. The lowest BCUT2D eigenvalue weighted by atomic mass is 9.87. The topological polar surface area (TPSA) is 17.1 Å². The Hall–Kier alpha value is -3.49. The van der Waals surface area contributed by atoms with Crippen molar-refractivity contribution in [3.8, 4) is 0 Å². The first-order valence-corrected chi connectivity index (χ1v) is 34.8. The van der Waals surface area contributed by atoms with Gasteiger partial charge < -0.3 is 0 Å². The van der Waals surface area contributed by atoms with Crippen molar-refractivity contribution in [2.24, 2.45) is 11.8 Å². The third kappa shape index (κ3) is 26.1. The van der Waals surface area contributed by atoms with Crippen LogP contribution in [0.1, 0.15) is 318 Å². The van der Waals surface area contributed by atoms with E-state index in [1.807, 2.05) is 0 Å². The molecule has 79 heavy (non-hydrogen) atoms. The highest BCUT2D eigenvalue weighted by Gasteiger charge is 2.35. The summed E-state index contributed by atoms with van der Waals surface area (Å²) in [5.74, 6) is 1.56. The molecule has 0 N–H and O–H groups in total. The van der Waals surface area contributed by atoms with Crippen LogP contribution < -0.4 is 0 Å². The fraction of sp³-hybridized carbons (Fsp3) is 0.623. The van der Waals surface area contributed by atoms with E-state index in [0.717, 1.165) is 61.9 Å². The summed E-state index contributed by atoms with van der Waals surface area (Å²) in [6.45, 7) is 9.25. The zero-order chi connectivity index (χ0) is 55.8. The van der Waals surface area contributed by atoms with Crippen LogP contribution in [0.25, 0.3) is 22.3 Å². The Morgan fingerprint density at radius 2 is 0.570 bits per heavy atom. The number of rotatable bonds is 48. The van der Waals surface area contributed by atoms with Crippen LogP contribution in [-0.2, 0) is 17.6 Å². The van der Waals surface area contributed by atoms with Gasteiger partial charge in [-0.25, -0.2) is 0 Å². The Kier molecular flexibility index (Phi) is 35.5. The highest BCUT2D eigenvalue weighted by atomic mass is 79.9. The number of benzene rings is 4. The molecular weight excluding hydrogens is 1020 g/mol. The van der Waals surface area contributed by atoms with Gasteiger partial charge in [0.1, 0.15) is 0 Å². The van der Waals surface area contributed by atoms with Gasteiger partial charge in [0, 0.05) is 26.8 Å². The number of allylic oxidation sites excluding steroid dienone is 4. The molecule has 0 aliphatic heterocycles. The minimum absolute atomic E-state index is 0.136. The van der Waals surface area contributed by atoms with E-state index in [4.69, 9.17) is 0 Å². The second kappa shape index (κ2) is 42.3. The van der Waals surface area contributed by atoms with Gasteiger partial charge in [-0.3, -0.25) is 4.79 Å². The fourth-order valence-electron chi connectivity index (χ4n) is 12.9. The van der Waals surface area contributed by atoms with Gasteiger partial charge in [0.15, 0.2) is 5.78 Å². The predicted octanol–water partition coefficient (Wildman–Crippen LogP) is 25.6. The zero-order valence-electron chi connectivity index (χ0n) is 51.5. The maximum Gasteiger partial charge on any atom is 0.195 e. The van der Waals surface area contributed by atoms with Crippen molar-refractivity contribution in [3.05, 3.63) is 141 Å². The molecule has 0 saturated carbocycles. The van der Waals surface area contributed by atoms with E-state index < -0.39 is 0 Å². The maximum absolute atomic E-state index is 15.6. The monoisotopic (exact) mass is 1130 g/mol. The lowest BCUT2D eigenvalue weighted by Gasteiger charge is -2.18. The van der Waals surface area contributed by atoms with E-state index in [1.165, 1.54) is 268 Å². The summed E-state index contributed by atoms with van der Waals surface area (Å²) >= 11 is 3.83. The van der Waals surface area contributed by atoms with Crippen LogP contribution in [0.4, 0.5) is 0 Å². The second-order valence-electron chi connectivity index (χ2n) is 24.7. The van der Waals surface area contributed by atoms with Gasteiger partial charge in [0.25, 0.3) is 0 Å². The molecule has 0 radical (unpaired) electrons. The average Bonchev–Trinajstić information content (AvgIpc) is 4.06. The molecule has 1 nitrogen and oxygen atoms in total. The van der Waals surface area contributed by atoms with Crippen molar-refractivity contribution >= 4 is 44.0 Å². The minimum atomic E-state index is 0.136. The molecule has 0 saturated heterocycles. The van der Waals surface area contributed by atoms with Crippen LogP contribution >= 0.6 is 15.9 Å². The van der Waals surface area contributed by atoms with Gasteiger partial charge in [0.05, 0.1) is 0 Å². The van der Waals surface area contributed by atoms with Crippen LogP contribution in [0, 0.1) is 11.8 Å². The van der Waals surface area contributed by atoms with Crippen molar-refractivity contribution in [3.63, 3.8) is 0 Å². The molecule has 2 atom stereocenters. The van der Waals surface area contributed by atoms with Crippen molar-refractivity contribution in [2.45, 2.75) is 297 Å². The summed E-state index contributed by atoms with van der Waals surface area (Å²) in [6, 6.07) is 37.9. The summed E-state index contributed by atoms with van der Waals surface area (Å²) in [4.78, 5) is 15.6. The van der Waals surface area contributed by atoms with Gasteiger partial charge in [0.2, 0.25) is 0 Å². The molecule has 1 aliphatic rings. The maximum atomic E-state index is 15.6. The molecule has 436 valence electrons. The number of hydrogen-bond acceptors (Lipinski definition) is 1. The number of carbonyl (C=O) groups is 1. The molecule has 4 aromatic rings. The summed E-state index contributed by atoms with van der Waals surface area (Å²) in [6.07, 6.45) is 57.4. The molecule has 0 amide bonds. The first-order valence-electron chi connectivity index (χ1n) is 34.0. The molecule has 2 heteroatoms. The third-order valence-electron chi connectivity index (χ3n) is 17.8. The van der Waals surface area contributed by atoms with E-state index >= 15 is 4.79 Å².